The van der Waals surface area contributed by atoms with Crippen LogP contribution in [0.15, 0.2) is 17.5 Å². The summed E-state index contributed by atoms with van der Waals surface area (Å²) in [5.41, 5.74) is -0.505. The number of carboxylic acids is 1. The molecule has 8 heteroatoms. The van der Waals surface area contributed by atoms with E-state index in [1.54, 1.807) is 23.3 Å². The second kappa shape index (κ2) is 5.64. The van der Waals surface area contributed by atoms with Crippen molar-refractivity contribution in [3.8, 4) is 9.88 Å². The van der Waals surface area contributed by atoms with Gasteiger partial charge < -0.3 is 10.0 Å². The van der Waals surface area contributed by atoms with Crippen LogP contribution in [0.2, 0.25) is 4.34 Å². The van der Waals surface area contributed by atoms with Crippen molar-refractivity contribution in [2.75, 3.05) is 13.1 Å². The average molecular weight is 357 g/mol. The lowest BCUT2D eigenvalue weighted by molar-refractivity contribution is -0.147. The highest BCUT2D eigenvalue weighted by Gasteiger charge is 2.42. The molecule has 0 spiro atoms. The van der Waals surface area contributed by atoms with Crippen molar-refractivity contribution in [3.63, 3.8) is 0 Å². The molecule has 2 aromatic rings. The van der Waals surface area contributed by atoms with Gasteiger partial charge in [0, 0.05) is 18.5 Å². The number of carbonyl (C=O) groups excluding carboxylic acids is 1. The molecule has 22 heavy (non-hydrogen) atoms. The maximum atomic E-state index is 12.5. The molecule has 5 nitrogen and oxygen atoms in total. The van der Waals surface area contributed by atoms with Gasteiger partial charge in [0.2, 0.25) is 0 Å². The lowest BCUT2D eigenvalue weighted by Crippen LogP contribution is -2.35. The van der Waals surface area contributed by atoms with Crippen LogP contribution in [0.4, 0.5) is 0 Å². The first-order valence-corrected chi connectivity index (χ1v) is 8.70. The zero-order valence-corrected chi connectivity index (χ0v) is 14.1. The molecule has 0 aliphatic carbocycles. The fourth-order valence-corrected chi connectivity index (χ4v) is 4.29. The van der Waals surface area contributed by atoms with Crippen LogP contribution in [0.5, 0.6) is 0 Å². The molecule has 3 rings (SSSR count). The number of nitrogens with zero attached hydrogens (tertiary/aromatic N) is 2. The summed E-state index contributed by atoms with van der Waals surface area (Å²) in [6, 6.07) is 3.67. The van der Waals surface area contributed by atoms with Gasteiger partial charge in [-0.05, 0) is 25.5 Å². The molecule has 1 amide bonds. The van der Waals surface area contributed by atoms with E-state index >= 15 is 0 Å². The van der Waals surface area contributed by atoms with E-state index in [9.17, 15) is 14.7 Å². The van der Waals surface area contributed by atoms with Crippen molar-refractivity contribution in [3.05, 3.63) is 27.5 Å². The molecular formula is C14H13ClN2O3S2. The number of halogens is 1. The number of aromatic nitrogens is 1. The van der Waals surface area contributed by atoms with Gasteiger partial charge in [0.25, 0.3) is 5.91 Å². The second-order valence-corrected chi connectivity index (χ2v) is 8.06. The third-order valence-corrected chi connectivity index (χ3v) is 6.03. The van der Waals surface area contributed by atoms with Crippen molar-refractivity contribution >= 4 is 46.2 Å². The number of hydrogen-bond donors (Lipinski definition) is 1. The molecular weight excluding hydrogens is 344 g/mol. The van der Waals surface area contributed by atoms with Gasteiger partial charge in [0.05, 0.1) is 14.6 Å². The highest BCUT2D eigenvalue weighted by molar-refractivity contribution is 7.23. The summed E-state index contributed by atoms with van der Waals surface area (Å²) in [5.74, 6) is -1.08. The Labute approximate surface area is 140 Å². The van der Waals surface area contributed by atoms with E-state index in [4.69, 9.17) is 11.6 Å². The van der Waals surface area contributed by atoms with Crippen LogP contribution >= 0.6 is 34.3 Å². The summed E-state index contributed by atoms with van der Waals surface area (Å²) in [6.45, 7) is 2.33. The predicted octanol–water partition coefficient (Wildman–Crippen LogP) is 3.46. The van der Waals surface area contributed by atoms with Gasteiger partial charge in [0.15, 0.2) is 0 Å². The van der Waals surface area contributed by atoms with E-state index in [0.29, 0.717) is 23.0 Å². The fraction of sp³-hybridized carbons (Fsp3) is 0.357. The van der Waals surface area contributed by atoms with Gasteiger partial charge in [-0.25, -0.2) is 4.98 Å². The van der Waals surface area contributed by atoms with Gasteiger partial charge in [-0.3, -0.25) is 9.59 Å². The third-order valence-electron chi connectivity index (χ3n) is 3.78. The summed E-state index contributed by atoms with van der Waals surface area (Å²) in [6.07, 6.45) is 0.464. The summed E-state index contributed by atoms with van der Waals surface area (Å²) >= 11 is 8.71. The molecule has 0 aromatic carbocycles. The topological polar surface area (TPSA) is 70.5 Å². The molecule has 0 radical (unpaired) electrons. The highest BCUT2D eigenvalue weighted by Crippen LogP contribution is 2.34. The number of thiophene rings is 1. The molecule has 2 aromatic heterocycles. The van der Waals surface area contributed by atoms with Crippen LogP contribution in [0.3, 0.4) is 0 Å². The number of thiazole rings is 1. The quantitative estimate of drug-likeness (QED) is 0.914. The lowest BCUT2D eigenvalue weighted by atomic mass is 9.90. The zero-order valence-electron chi connectivity index (χ0n) is 11.7. The predicted molar refractivity (Wildman–Crippen MR) is 86.7 cm³/mol. The molecule has 0 bridgehead atoms. The molecule has 1 aliphatic heterocycles. The highest BCUT2D eigenvalue weighted by atomic mass is 35.5. The van der Waals surface area contributed by atoms with Crippen molar-refractivity contribution in [1.82, 2.24) is 9.88 Å². The third kappa shape index (κ3) is 2.76. The van der Waals surface area contributed by atoms with Crippen LogP contribution < -0.4 is 0 Å². The van der Waals surface area contributed by atoms with Crippen LogP contribution in [0.1, 0.15) is 23.8 Å². The molecule has 1 atom stereocenters. The smallest absolute Gasteiger partial charge is 0.311 e. The second-order valence-electron chi connectivity index (χ2n) is 5.48. The Hall–Kier alpha value is -1.44. The Morgan fingerprint density at radius 2 is 2.23 bits per heavy atom. The van der Waals surface area contributed by atoms with Crippen LogP contribution in [0.25, 0.3) is 9.88 Å². The van der Waals surface area contributed by atoms with E-state index in [-0.39, 0.29) is 12.5 Å². The Morgan fingerprint density at radius 1 is 1.45 bits per heavy atom. The van der Waals surface area contributed by atoms with Crippen LogP contribution in [0, 0.1) is 5.41 Å². The van der Waals surface area contributed by atoms with Gasteiger partial charge in [-0.15, -0.1) is 22.7 Å². The van der Waals surface area contributed by atoms with Crippen molar-refractivity contribution < 1.29 is 14.7 Å². The first-order chi connectivity index (χ1) is 10.4. The van der Waals surface area contributed by atoms with Gasteiger partial charge in [-0.2, -0.15) is 0 Å². The molecule has 0 unspecified atom stereocenters. The number of carboxylic acid groups (broad SMARTS) is 1. The maximum absolute atomic E-state index is 12.5. The van der Waals surface area contributed by atoms with E-state index in [0.717, 1.165) is 9.88 Å². The largest absolute Gasteiger partial charge is 0.481 e. The summed E-state index contributed by atoms with van der Waals surface area (Å²) < 4.78 is 0.676. The first-order valence-electron chi connectivity index (χ1n) is 6.63. The van der Waals surface area contributed by atoms with Crippen molar-refractivity contribution in [2.24, 2.45) is 5.41 Å². The minimum absolute atomic E-state index is 0.213. The maximum Gasteiger partial charge on any atom is 0.311 e. The van der Waals surface area contributed by atoms with Gasteiger partial charge >= 0.3 is 5.97 Å². The molecule has 1 fully saturated rings. The van der Waals surface area contributed by atoms with Crippen molar-refractivity contribution in [2.45, 2.75) is 13.3 Å². The molecule has 1 N–H and O–H groups in total. The number of likely N-dealkylation sites (tertiary alicyclic amines) is 1. The number of carbonyl (C=O) groups is 2. The number of amides is 1. The Bertz CT molecular complexity index is 742. The Balaban J connectivity index is 1.77. The summed E-state index contributed by atoms with van der Waals surface area (Å²) in [5, 5.41) is 11.7. The number of aliphatic carboxylic acids is 1. The molecule has 3 heterocycles. The van der Waals surface area contributed by atoms with Crippen LogP contribution in [-0.2, 0) is 4.79 Å². The monoisotopic (exact) mass is 356 g/mol. The molecule has 1 aliphatic rings. The van der Waals surface area contributed by atoms with E-state index < -0.39 is 11.4 Å². The first kappa shape index (κ1) is 15.5. The van der Waals surface area contributed by atoms with Gasteiger partial charge in [0.1, 0.15) is 10.7 Å². The number of rotatable bonds is 3. The normalized spacial score (nSPS) is 21.3. The van der Waals surface area contributed by atoms with Crippen molar-refractivity contribution in [1.29, 1.82) is 0 Å². The minimum Gasteiger partial charge on any atom is -0.481 e. The Morgan fingerprint density at radius 3 is 2.82 bits per heavy atom. The lowest BCUT2D eigenvalue weighted by Gasteiger charge is -2.19. The molecule has 0 saturated carbocycles. The van der Waals surface area contributed by atoms with E-state index in [1.165, 1.54) is 22.7 Å². The van der Waals surface area contributed by atoms with Gasteiger partial charge in [-0.1, -0.05) is 11.6 Å². The van der Waals surface area contributed by atoms with E-state index in [1.807, 2.05) is 6.07 Å². The average Bonchev–Trinajstić information content (AvgIpc) is 3.17. The zero-order chi connectivity index (χ0) is 15.9. The SMILES string of the molecule is C[C@@]1(C(=O)O)CCN(C(=O)c2csc(-c3ccc(Cl)s3)n2)C1. The molecule has 116 valence electrons. The molecule has 1 saturated heterocycles. The minimum atomic E-state index is -0.866. The standard InChI is InChI=1S/C14H13ClN2O3S2/c1-14(13(19)20)4-5-17(7-14)12(18)8-6-21-11(16-8)9-2-3-10(15)22-9/h2-3,6H,4-5,7H2,1H3,(H,19,20)/t14-/m1/s1. The number of hydrogen-bond acceptors (Lipinski definition) is 5. The summed E-state index contributed by atoms with van der Waals surface area (Å²) in [4.78, 5) is 30.6. The Kier molecular flexibility index (Phi) is 3.96. The summed E-state index contributed by atoms with van der Waals surface area (Å²) in [7, 11) is 0. The van der Waals surface area contributed by atoms with Crippen LogP contribution in [-0.4, -0.2) is 40.0 Å². The fourth-order valence-electron chi connectivity index (χ4n) is 2.39. The van der Waals surface area contributed by atoms with E-state index in [2.05, 4.69) is 4.98 Å².